The predicted molar refractivity (Wildman–Crippen MR) is 129 cm³/mol. The van der Waals surface area contributed by atoms with Crippen molar-refractivity contribution < 1.29 is 57.8 Å². The summed E-state index contributed by atoms with van der Waals surface area (Å²) < 4.78 is 30.4. The number of hydrogen-bond donors (Lipinski definition) is 2. The predicted octanol–water partition coefficient (Wildman–Crippen LogP) is 0.411. The van der Waals surface area contributed by atoms with Crippen LogP contribution in [-0.4, -0.2) is 110 Å². The van der Waals surface area contributed by atoms with Gasteiger partial charge in [0.15, 0.2) is 12.2 Å². The van der Waals surface area contributed by atoms with E-state index in [0.717, 1.165) is 0 Å². The lowest BCUT2D eigenvalue weighted by Crippen LogP contribution is -2.38. The summed E-state index contributed by atoms with van der Waals surface area (Å²) >= 11 is 1.47. The highest BCUT2D eigenvalue weighted by Gasteiger charge is 2.32. The van der Waals surface area contributed by atoms with Gasteiger partial charge in [-0.05, 0) is 32.4 Å². The Morgan fingerprint density at radius 3 is 2.17 bits per heavy atom. The van der Waals surface area contributed by atoms with E-state index in [4.69, 9.17) is 33.5 Å². The summed E-state index contributed by atoms with van der Waals surface area (Å²) in [5.74, 6) is -2.71. The van der Waals surface area contributed by atoms with Crippen LogP contribution in [0.5, 0.6) is 0 Å². The number of ether oxygens (including phenoxy) is 6. The maximum Gasteiger partial charge on any atom is 0.348 e. The summed E-state index contributed by atoms with van der Waals surface area (Å²) in [5, 5.41) is 18.1. The molecule has 0 aliphatic heterocycles. The quantitative estimate of drug-likeness (QED) is 0.0894. The van der Waals surface area contributed by atoms with Gasteiger partial charge in [-0.1, -0.05) is 6.08 Å². The number of aliphatic hydroxyl groups is 2. The number of thioether (sulfide) groups is 1. The van der Waals surface area contributed by atoms with Crippen LogP contribution in [0.15, 0.2) is 12.7 Å². The molecule has 12 nitrogen and oxygen atoms in total. The van der Waals surface area contributed by atoms with Crippen LogP contribution >= 0.6 is 11.8 Å². The fourth-order valence-corrected chi connectivity index (χ4v) is 3.12. The third kappa shape index (κ3) is 15.7. The topological polar surface area (TPSA) is 164 Å². The Morgan fingerprint density at radius 2 is 1.56 bits per heavy atom. The van der Waals surface area contributed by atoms with Gasteiger partial charge < -0.3 is 38.6 Å². The average molecular weight is 539 g/mol. The van der Waals surface area contributed by atoms with E-state index in [-0.39, 0.29) is 32.7 Å². The molecule has 0 aromatic carbocycles. The summed E-state index contributed by atoms with van der Waals surface area (Å²) in [6.07, 6.45) is -3.69. The Kier molecular flexibility index (Phi) is 19.7. The van der Waals surface area contributed by atoms with Crippen LogP contribution in [0.4, 0.5) is 0 Å². The van der Waals surface area contributed by atoms with E-state index in [1.807, 2.05) is 0 Å². The van der Waals surface area contributed by atoms with Gasteiger partial charge in [0.2, 0.25) is 6.10 Å². The van der Waals surface area contributed by atoms with Crippen molar-refractivity contribution in [1.82, 2.24) is 0 Å². The molecule has 0 heterocycles. The molecule has 4 unspecified atom stereocenters. The van der Waals surface area contributed by atoms with E-state index in [9.17, 15) is 24.3 Å². The lowest BCUT2D eigenvalue weighted by Gasteiger charge is -2.21. The van der Waals surface area contributed by atoms with Gasteiger partial charge in [0, 0.05) is 19.3 Å². The Morgan fingerprint density at radius 1 is 0.889 bits per heavy atom. The van der Waals surface area contributed by atoms with Crippen molar-refractivity contribution in [3.8, 4) is 0 Å². The van der Waals surface area contributed by atoms with Gasteiger partial charge >= 0.3 is 23.9 Å². The highest BCUT2D eigenvalue weighted by molar-refractivity contribution is 7.99. The van der Waals surface area contributed by atoms with Crippen LogP contribution in [-0.2, 0) is 47.6 Å². The van der Waals surface area contributed by atoms with Gasteiger partial charge in [0.05, 0.1) is 26.4 Å². The molecule has 2 N–H and O–H groups in total. The summed E-state index contributed by atoms with van der Waals surface area (Å²) in [6, 6.07) is 0. The monoisotopic (exact) mass is 538 g/mol. The fourth-order valence-electron chi connectivity index (χ4n) is 2.42. The van der Waals surface area contributed by atoms with Crippen molar-refractivity contribution in [2.45, 2.75) is 57.5 Å². The molecule has 0 saturated carbocycles. The Labute approximate surface area is 215 Å². The van der Waals surface area contributed by atoms with E-state index in [1.54, 1.807) is 0 Å². The van der Waals surface area contributed by atoms with Crippen LogP contribution in [0.2, 0.25) is 0 Å². The van der Waals surface area contributed by atoms with Gasteiger partial charge in [0.1, 0.15) is 12.7 Å². The highest BCUT2D eigenvalue weighted by atomic mass is 32.2. The Balaban J connectivity index is 4.97. The van der Waals surface area contributed by atoms with Crippen molar-refractivity contribution in [2.24, 2.45) is 0 Å². The van der Waals surface area contributed by atoms with E-state index < -0.39 is 48.3 Å². The minimum atomic E-state index is -1.46. The van der Waals surface area contributed by atoms with Gasteiger partial charge in [-0.25, -0.2) is 19.2 Å². The summed E-state index contributed by atoms with van der Waals surface area (Å²) in [5.41, 5.74) is 0. The van der Waals surface area contributed by atoms with Crippen molar-refractivity contribution in [3.63, 3.8) is 0 Å². The number of rotatable bonds is 21. The zero-order chi connectivity index (χ0) is 27.3. The molecule has 0 bridgehead atoms. The van der Waals surface area contributed by atoms with Gasteiger partial charge in [-0.2, -0.15) is 11.8 Å². The third-order valence-corrected chi connectivity index (χ3v) is 5.33. The smallest absolute Gasteiger partial charge is 0.348 e. The summed E-state index contributed by atoms with van der Waals surface area (Å²) in [4.78, 5) is 49.0. The fraction of sp³-hybridized carbons (Fsp3) is 0.739. The van der Waals surface area contributed by atoms with Crippen molar-refractivity contribution in [3.05, 3.63) is 12.7 Å². The number of aliphatic hydroxyl groups excluding tert-OH is 2. The lowest BCUT2D eigenvalue weighted by molar-refractivity contribution is -0.185. The molecule has 0 rings (SSSR count). The van der Waals surface area contributed by atoms with Crippen LogP contribution in [0, 0.1) is 0 Å². The maximum absolute atomic E-state index is 12.5. The molecular formula is C23H38O12S. The molecule has 0 aliphatic rings. The first-order chi connectivity index (χ1) is 17.2. The van der Waals surface area contributed by atoms with Crippen molar-refractivity contribution in [1.29, 1.82) is 0 Å². The first-order valence-corrected chi connectivity index (χ1v) is 12.7. The maximum atomic E-state index is 12.5. The molecule has 208 valence electrons. The first kappa shape index (κ1) is 33.8. The Bertz CT molecular complexity index is 669. The van der Waals surface area contributed by atoms with Gasteiger partial charge in [-0.15, -0.1) is 6.58 Å². The molecular weight excluding hydrogens is 500 g/mol. The summed E-state index contributed by atoms with van der Waals surface area (Å²) in [6.45, 7) is 6.70. The standard InChI is InChI=1S/C23H38O12S/c1-5-7-18(34-20(26)16(2)25)23(29)33-17(3)21(27)35-19(8-6-14-36-15-9-24)22(28)32-13-12-31-11-10-30-4/h5,16-19,24-25H,1,6-15H2,2-4H3. The third-order valence-electron chi connectivity index (χ3n) is 4.28. The van der Waals surface area contributed by atoms with Crippen molar-refractivity contribution >= 4 is 35.6 Å². The second-order valence-electron chi connectivity index (χ2n) is 7.38. The molecule has 13 heteroatoms. The van der Waals surface area contributed by atoms with Gasteiger partial charge in [0.25, 0.3) is 0 Å². The van der Waals surface area contributed by atoms with Crippen molar-refractivity contribution in [2.75, 3.05) is 51.6 Å². The number of carbonyl (C=O) groups is 4. The summed E-state index contributed by atoms with van der Waals surface area (Å²) in [7, 11) is 1.53. The molecule has 0 aromatic rings. The number of esters is 4. The van der Waals surface area contributed by atoms with Gasteiger partial charge in [-0.3, -0.25) is 0 Å². The van der Waals surface area contributed by atoms with Crippen LogP contribution in [0.3, 0.4) is 0 Å². The molecule has 36 heavy (non-hydrogen) atoms. The number of hydrogen-bond acceptors (Lipinski definition) is 13. The molecule has 0 aromatic heterocycles. The molecule has 0 fully saturated rings. The number of methoxy groups -OCH3 is 1. The molecule has 0 spiro atoms. The van der Waals surface area contributed by atoms with E-state index in [1.165, 1.54) is 38.8 Å². The van der Waals surface area contributed by atoms with E-state index in [2.05, 4.69) is 6.58 Å². The Hall–Kier alpha value is -2.19. The minimum absolute atomic E-state index is 0.0243. The van der Waals surface area contributed by atoms with Crippen LogP contribution < -0.4 is 0 Å². The molecule has 0 radical (unpaired) electrons. The largest absolute Gasteiger partial charge is 0.460 e. The second-order valence-corrected chi connectivity index (χ2v) is 8.61. The van der Waals surface area contributed by atoms with E-state index in [0.29, 0.717) is 31.1 Å². The first-order valence-electron chi connectivity index (χ1n) is 11.5. The molecule has 0 amide bonds. The van der Waals surface area contributed by atoms with Crippen LogP contribution in [0.1, 0.15) is 33.1 Å². The average Bonchev–Trinajstić information content (AvgIpc) is 2.84. The zero-order valence-corrected chi connectivity index (χ0v) is 21.9. The highest BCUT2D eigenvalue weighted by Crippen LogP contribution is 2.13. The normalized spacial score (nSPS) is 14.1. The molecule has 0 aliphatic carbocycles. The minimum Gasteiger partial charge on any atom is -0.460 e. The molecule has 4 atom stereocenters. The number of carbonyl (C=O) groups excluding carboxylic acids is 4. The van der Waals surface area contributed by atoms with E-state index >= 15 is 0 Å². The van der Waals surface area contributed by atoms with Crippen LogP contribution in [0.25, 0.3) is 0 Å². The second kappa shape index (κ2) is 20.9. The SMILES string of the molecule is C=CCC(OC(=O)C(C)O)C(=O)OC(C)C(=O)OC(CCCSCCO)C(=O)OCCOCCOC. The lowest BCUT2D eigenvalue weighted by atomic mass is 10.2. The molecule has 0 saturated heterocycles. The zero-order valence-electron chi connectivity index (χ0n) is 21.1.